The van der Waals surface area contributed by atoms with Gasteiger partial charge in [-0.25, -0.2) is 9.37 Å². The first-order valence-corrected chi connectivity index (χ1v) is 9.81. The maximum Gasteiger partial charge on any atom is 0.237 e. The Morgan fingerprint density at radius 2 is 2.04 bits per heavy atom. The van der Waals surface area contributed by atoms with Gasteiger partial charge in [0.15, 0.2) is 0 Å². The molecule has 1 unspecified atom stereocenters. The molecule has 0 bridgehead atoms. The minimum Gasteiger partial charge on any atom is -0.355 e. The number of piperidine rings is 1. The summed E-state index contributed by atoms with van der Waals surface area (Å²) in [6.45, 7) is 2.06. The second-order valence-corrected chi connectivity index (χ2v) is 8.02. The average molecular weight is 379 g/mol. The van der Waals surface area contributed by atoms with Crippen molar-refractivity contribution < 1.29 is 9.18 Å². The van der Waals surface area contributed by atoms with Crippen molar-refractivity contribution in [1.82, 2.24) is 15.2 Å². The maximum absolute atomic E-state index is 13.5. The summed E-state index contributed by atoms with van der Waals surface area (Å²) in [7, 11) is 0. The first-order valence-electron chi connectivity index (χ1n) is 9.81. The van der Waals surface area contributed by atoms with Gasteiger partial charge in [0.2, 0.25) is 5.91 Å². The van der Waals surface area contributed by atoms with Crippen molar-refractivity contribution in [2.24, 2.45) is 11.8 Å². The SMILES string of the molecule is N#C[C@@H]1C[C@H](F)CN1C(=O)CNC1[C@H]2CN(c3nccc4ccccc34)C[C@@H]12. The van der Waals surface area contributed by atoms with Crippen molar-refractivity contribution in [3.63, 3.8) is 0 Å². The molecule has 5 atom stereocenters. The number of carbonyl (C=O) groups is 1. The van der Waals surface area contributed by atoms with Gasteiger partial charge in [-0.2, -0.15) is 5.26 Å². The van der Waals surface area contributed by atoms with Gasteiger partial charge < -0.3 is 15.1 Å². The summed E-state index contributed by atoms with van der Waals surface area (Å²) in [6, 6.07) is 12.0. The van der Waals surface area contributed by atoms with Gasteiger partial charge in [0.1, 0.15) is 18.0 Å². The molecule has 5 rings (SSSR count). The smallest absolute Gasteiger partial charge is 0.237 e. The van der Waals surface area contributed by atoms with Crippen molar-refractivity contribution in [3.05, 3.63) is 36.5 Å². The molecule has 6 nitrogen and oxygen atoms in total. The minimum atomic E-state index is -1.09. The molecule has 2 aliphatic heterocycles. The molecule has 7 heteroatoms. The van der Waals surface area contributed by atoms with E-state index in [1.165, 1.54) is 15.7 Å². The van der Waals surface area contributed by atoms with Gasteiger partial charge in [0.25, 0.3) is 0 Å². The summed E-state index contributed by atoms with van der Waals surface area (Å²) in [4.78, 5) is 20.7. The van der Waals surface area contributed by atoms with Gasteiger partial charge in [-0.15, -0.1) is 0 Å². The van der Waals surface area contributed by atoms with Gasteiger partial charge in [0, 0.05) is 37.1 Å². The van der Waals surface area contributed by atoms with E-state index in [1.807, 2.05) is 30.5 Å². The molecular weight excluding hydrogens is 357 g/mol. The standard InChI is InChI=1S/C21H22FN5O/c22-14-7-15(8-23)27(10-14)19(28)9-25-20-17-11-26(12-18(17)20)21-16-4-2-1-3-13(16)5-6-24-21/h1-6,14-15,17-18,20,25H,7,9-12H2/t14-,15-,17-,18+,20?/m0/s1. The van der Waals surface area contributed by atoms with Crippen molar-refractivity contribution in [3.8, 4) is 6.07 Å². The Kier molecular flexibility index (Phi) is 4.17. The van der Waals surface area contributed by atoms with Crippen molar-refractivity contribution in [1.29, 1.82) is 5.26 Å². The number of nitriles is 1. The summed E-state index contributed by atoms with van der Waals surface area (Å²) in [6.07, 6.45) is 0.898. The molecule has 1 aliphatic carbocycles. The van der Waals surface area contributed by atoms with Crippen LogP contribution in [0.4, 0.5) is 10.2 Å². The highest BCUT2D eigenvalue weighted by Crippen LogP contribution is 2.47. The number of alkyl halides is 1. The fourth-order valence-corrected chi connectivity index (χ4v) is 4.85. The van der Waals surface area contributed by atoms with E-state index in [0.29, 0.717) is 17.9 Å². The summed E-state index contributed by atoms with van der Waals surface area (Å²) in [5.74, 6) is 1.87. The van der Waals surface area contributed by atoms with Crippen LogP contribution in [-0.2, 0) is 4.79 Å². The van der Waals surface area contributed by atoms with Gasteiger partial charge in [-0.1, -0.05) is 24.3 Å². The number of hydrogen-bond acceptors (Lipinski definition) is 5. The number of nitrogens with zero attached hydrogens (tertiary/aromatic N) is 4. The van der Waals surface area contributed by atoms with E-state index in [1.54, 1.807) is 0 Å². The molecule has 1 aromatic carbocycles. The second kappa shape index (κ2) is 6.71. The lowest BCUT2D eigenvalue weighted by atomic mass is 10.1. The van der Waals surface area contributed by atoms with Crippen LogP contribution in [0.15, 0.2) is 36.5 Å². The molecule has 2 saturated heterocycles. The van der Waals surface area contributed by atoms with Gasteiger partial charge >= 0.3 is 0 Å². The molecule has 0 radical (unpaired) electrons. The van der Waals surface area contributed by atoms with Crippen LogP contribution in [-0.4, -0.2) is 60.2 Å². The van der Waals surface area contributed by atoms with Crippen LogP contribution in [0.25, 0.3) is 10.8 Å². The Labute approximate surface area is 162 Å². The van der Waals surface area contributed by atoms with Gasteiger partial charge in [-0.05, 0) is 23.3 Å². The fraction of sp³-hybridized carbons (Fsp3) is 0.476. The predicted molar refractivity (Wildman–Crippen MR) is 103 cm³/mol. The highest BCUT2D eigenvalue weighted by atomic mass is 19.1. The fourth-order valence-electron chi connectivity index (χ4n) is 4.85. The molecule has 1 amide bonds. The summed E-state index contributed by atoms with van der Waals surface area (Å²) in [5.41, 5.74) is 0. The number of fused-ring (bicyclic) bond motifs is 2. The molecule has 3 aliphatic rings. The lowest BCUT2D eigenvalue weighted by Crippen LogP contribution is -2.43. The Morgan fingerprint density at radius 1 is 1.25 bits per heavy atom. The lowest BCUT2D eigenvalue weighted by Gasteiger charge is -2.23. The highest BCUT2D eigenvalue weighted by molar-refractivity contribution is 5.92. The third-order valence-corrected chi connectivity index (χ3v) is 6.35. The number of anilines is 1. The minimum absolute atomic E-state index is 0.0385. The number of carbonyl (C=O) groups excluding carboxylic acids is 1. The number of rotatable bonds is 4. The van der Waals surface area contributed by atoms with Crippen LogP contribution in [0, 0.1) is 23.2 Å². The average Bonchev–Trinajstić information content (AvgIpc) is 3.05. The number of halogens is 1. The number of likely N-dealkylation sites (tertiary alicyclic amines) is 1. The molecule has 144 valence electrons. The van der Waals surface area contributed by atoms with Crippen LogP contribution in [0.3, 0.4) is 0 Å². The largest absolute Gasteiger partial charge is 0.355 e. The summed E-state index contributed by atoms with van der Waals surface area (Å²) >= 11 is 0. The molecule has 28 heavy (non-hydrogen) atoms. The predicted octanol–water partition coefficient (Wildman–Crippen LogP) is 1.72. The quantitative estimate of drug-likeness (QED) is 0.876. The molecule has 2 aromatic rings. The number of hydrogen-bond donors (Lipinski definition) is 1. The zero-order valence-corrected chi connectivity index (χ0v) is 15.5. The topological polar surface area (TPSA) is 72.3 Å². The highest BCUT2D eigenvalue weighted by Gasteiger charge is 2.56. The molecule has 3 fully saturated rings. The zero-order chi connectivity index (χ0) is 19.3. The first kappa shape index (κ1) is 17.4. The van der Waals surface area contributed by atoms with Crippen LogP contribution in [0.5, 0.6) is 0 Å². The molecule has 1 N–H and O–H groups in total. The summed E-state index contributed by atoms with van der Waals surface area (Å²) < 4.78 is 13.5. The number of aromatic nitrogens is 1. The van der Waals surface area contributed by atoms with Crippen molar-refractivity contribution in [2.75, 3.05) is 31.1 Å². The molecule has 1 saturated carbocycles. The third kappa shape index (κ3) is 2.89. The number of amides is 1. The number of nitrogens with one attached hydrogen (secondary N) is 1. The Bertz CT molecular complexity index is 942. The Hall–Kier alpha value is -2.72. The monoisotopic (exact) mass is 379 g/mol. The zero-order valence-electron chi connectivity index (χ0n) is 15.5. The van der Waals surface area contributed by atoms with E-state index in [2.05, 4.69) is 27.3 Å². The maximum atomic E-state index is 13.5. The van der Waals surface area contributed by atoms with E-state index in [-0.39, 0.29) is 25.4 Å². The van der Waals surface area contributed by atoms with Crippen molar-refractivity contribution >= 4 is 22.5 Å². The van der Waals surface area contributed by atoms with Gasteiger partial charge in [-0.3, -0.25) is 4.79 Å². The second-order valence-electron chi connectivity index (χ2n) is 8.02. The van der Waals surface area contributed by atoms with E-state index >= 15 is 0 Å². The molecule has 1 aromatic heterocycles. The Balaban J connectivity index is 1.18. The van der Waals surface area contributed by atoms with Crippen LogP contribution >= 0.6 is 0 Å². The third-order valence-electron chi connectivity index (χ3n) is 6.35. The van der Waals surface area contributed by atoms with E-state index in [9.17, 15) is 9.18 Å². The molecule has 3 heterocycles. The van der Waals surface area contributed by atoms with Crippen LogP contribution < -0.4 is 10.2 Å². The normalized spacial score (nSPS) is 31.1. The number of benzene rings is 1. The van der Waals surface area contributed by atoms with Crippen LogP contribution in [0.1, 0.15) is 6.42 Å². The summed E-state index contributed by atoms with van der Waals surface area (Å²) in [5, 5.41) is 14.8. The molecular formula is C21H22FN5O. The van der Waals surface area contributed by atoms with Crippen LogP contribution in [0.2, 0.25) is 0 Å². The lowest BCUT2D eigenvalue weighted by molar-refractivity contribution is -0.130. The van der Waals surface area contributed by atoms with Crippen molar-refractivity contribution in [2.45, 2.75) is 24.7 Å². The van der Waals surface area contributed by atoms with E-state index < -0.39 is 12.2 Å². The van der Waals surface area contributed by atoms with Gasteiger partial charge in [0.05, 0.1) is 19.2 Å². The van der Waals surface area contributed by atoms with E-state index in [4.69, 9.17) is 5.26 Å². The van der Waals surface area contributed by atoms with E-state index in [0.717, 1.165) is 18.9 Å². The molecule has 0 spiro atoms. The first-order chi connectivity index (χ1) is 13.7. The Morgan fingerprint density at radius 3 is 2.82 bits per heavy atom. The number of pyridine rings is 1.